The smallest absolute Gasteiger partial charge is 0.303 e. The highest BCUT2D eigenvalue weighted by atomic mass is 16.6. The SMILES string of the molecule is CC(=O)O[C@@H]([C@H](OC(C)=O)[C@@H](CN=[N+]=[N-])OC(C)=O)[C@@H](CN=[N+]=[N-])OC(C)=O. The molecule has 0 saturated carbocycles. The first kappa shape index (κ1) is 24.5. The molecule has 0 aliphatic rings. The summed E-state index contributed by atoms with van der Waals surface area (Å²) in [5, 5.41) is 6.56. The van der Waals surface area contributed by atoms with Crippen molar-refractivity contribution in [1.82, 2.24) is 0 Å². The van der Waals surface area contributed by atoms with Gasteiger partial charge in [0, 0.05) is 37.5 Å². The zero-order valence-corrected chi connectivity index (χ0v) is 15.7. The van der Waals surface area contributed by atoms with Gasteiger partial charge in [0.1, 0.15) is 12.2 Å². The van der Waals surface area contributed by atoms with Crippen molar-refractivity contribution in [3.05, 3.63) is 20.9 Å². The maximum Gasteiger partial charge on any atom is 0.303 e. The minimum atomic E-state index is -1.53. The Morgan fingerprint density at radius 2 is 0.964 bits per heavy atom. The van der Waals surface area contributed by atoms with E-state index in [1.807, 2.05) is 0 Å². The predicted octanol–water partition coefficient (Wildman–Crippen LogP) is 1.33. The molecule has 0 aliphatic carbocycles. The molecule has 0 unspecified atom stereocenters. The standard InChI is InChI=1S/C14H20N6O8/c1-7(21)25-11(5-17-19-15)13(27-9(3)23)14(28-10(4)24)12(6-18-20-16)26-8(2)22/h11-14H,5-6H2,1-4H3/t11-,12-,13-,14-/m1/s1. The van der Waals surface area contributed by atoms with Gasteiger partial charge >= 0.3 is 23.9 Å². The summed E-state index contributed by atoms with van der Waals surface area (Å²) in [4.78, 5) is 51.1. The lowest BCUT2D eigenvalue weighted by Gasteiger charge is -2.34. The molecule has 154 valence electrons. The summed E-state index contributed by atoms with van der Waals surface area (Å²) in [6, 6.07) is 0. The van der Waals surface area contributed by atoms with Crippen molar-refractivity contribution in [2.45, 2.75) is 52.1 Å². The van der Waals surface area contributed by atoms with Crippen LogP contribution in [-0.4, -0.2) is 61.4 Å². The van der Waals surface area contributed by atoms with Crippen molar-refractivity contribution in [3.8, 4) is 0 Å². The van der Waals surface area contributed by atoms with Crippen LogP contribution in [0.4, 0.5) is 0 Å². The van der Waals surface area contributed by atoms with Gasteiger partial charge in [0.25, 0.3) is 0 Å². The monoisotopic (exact) mass is 400 g/mol. The number of carbonyl (C=O) groups excluding carboxylic acids is 4. The highest BCUT2D eigenvalue weighted by molar-refractivity contribution is 5.69. The molecule has 0 radical (unpaired) electrons. The van der Waals surface area contributed by atoms with Crippen molar-refractivity contribution in [2.24, 2.45) is 10.2 Å². The Bertz CT molecular complexity index is 619. The first-order valence-electron chi connectivity index (χ1n) is 7.82. The van der Waals surface area contributed by atoms with Gasteiger partial charge in [-0.15, -0.1) is 0 Å². The second-order valence-corrected chi connectivity index (χ2v) is 5.27. The second-order valence-electron chi connectivity index (χ2n) is 5.27. The summed E-state index contributed by atoms with van der Waals surface area (Å²) < 4.78 is 20.3. The van der Waals surface area contributed by atoms with Crippen molar-refractivity contribution >= 4 is 23.9 Å². The minimum Gasteiger partial charge on any atom is -0.458 e. The lowest BCUT2D eigenvalue weighted by atomic mass is 10.0. The average Bonchev–Trinajstić information content (AvgIpc) is 2.57. The number of ether oxygens (including phenoxy) is 4. The third-order valence-corrected chi connectivity index (χ3v) is 2.95. The number of hydrogen-bond donors (Lipinski definition) is 0. The van der Waals surface area contributed by atoms with E-state index in [4.69, 9.17) is 30.0 Å². The molecule has 0 N–H and O–H groups in total. The fourth-order valence-electron chi connectivity index (χ4n) is 2.17. The van der Waals surface area contributed by atoms with Gasteiger partial charge in [0.15, 0.2) is 12.2 Å². The highest BCUT2D eigenvalue weighted by Gasteiger charge is 2.42. The molecule has 0 aromatic carbocycles. The fraction of sp³-hybridized carbons (Fsp3) is 0.714. The van der Waals surface area contributed by atoms with Crippen LogP contribution in [0.5, 0.6) is 0 Å². The van der Waals surface area contributed by atoms with Crippen LogP contribution in [0, 0.1) is 0 Å². The maximum atomic E-state index is 11.6. The zero-order valence-electron chi connectivity index (χ0n) is 15.7. The van der Waals surface area contributed by atoms with E-state index in [1.165, 1.54) is 0 Å². The number of azide groups is 2. The molecule has 0 aromatic heterocycles. The third kappa shape index (κ3) is 9.85. The lowest BCUT2D eigenvalue weighted by molar-refractivity contribution is -0.196. The van der Waals surface area contributed by atoms with Gasteiger partial charge in [-0.1, -0.05) is 10.2 Å². The molecular formula is C14H20N6O8. The fourth-order valence-corrected chi connectivity index (χ4v) is 2.17. The van der Waals surface area contributed by atoms with Crippen molar-refractivity contribution in [3.63, 3.8) is 0 Å². The number of hydrogen-bond acceptors (Lipinski definition) is 10. The van der Waals surface area contributed by atoms with Gasteiger partial charge in [-0.3, -0.25) is 19.2 Å². The van der Waals surface area contributed by atoms with Crippen LogP contribution < -0.4 is 0 Å². The Hall–Kier alpha value is -3.50. The van der Waals surface area contributed by atoms with E-state index in [2.05, 4.69) is 20.1 Å². The molecule has 0 bridgehead atoms. The molecule has 4 atom stereocenters. The van der Waals surface area contributed by atoms with E-state index in [9.17, 15) is 19.2 Å². The van der Waals surface area contributed by atoms with E-state index in [0.717, 1.165) is 27.7 Å². The summed E-state index contributed by atoms with van der Waals surface area (Å²) in [5.41, 5.74) is 17.1. The molecule has 14 nitrogen and oxygen atoms in total. The highest BCUT2D eigenvalue weighted by Crippen LogP contribution is 2.20. The van der Waals surface area contributed by atoms with Gasteiger partial charge in [0.2, 0.25) is 0 Å². The maximum absolute atomic E-state index is 11.6. The Labute approximate surface area is 159 Å². The number of esters is 4. The molecular weight excluding hydrogens is 380 g/mol. The quantitative estimate of drug-likeness (QED) is 0.162. The predicted molar refractivity (Wildman–Crippen MR) is 90.2 cm³/mol. The average molecular weight is 400 g/mol. The molecule has 0 spiro atoms. The summed E-state index contributed by atoms with van der Waals surface area (Å²) in [5.74, 6) is -3.33. The normalized spacial score (nSPS) is 14.0. The first-order chi connectivity index (χ1) is 13.1. The van der Waals surface area contributed by atoms with Crippen LogP contribution in [-0.2, 0) is 38.1 Å². The van der Waals surface area contributed by atoms with Gasteiger partial charge in [0.05, 0.1) is 13.1 Å². The Morgan fingerprint density at radius 3 is 1.18 bits per heavy atom. The molecule has 0 rings (SSSR count). The molecule has 28 heavy (non-hydrogen) atoms. The van der Waals surface area contributed by atoms with Crippen LogP contribution in [0.15, 0.2) is 10.2 Å². The molecule has 0 amide bonds. The zero-order chi connectivity index (χ0) is 21.7. The second kappa shape index (κ2) is 12.8. The van der Waals surface area contributed by atoms with E-state index in [1.54, 1.807) is 0 Å². The molecule has 0 aliphatic heterocycles. The summed E-state index contributed by atoms with van der Waals surface area (Å²) in [6.07, 6.45) is -5.83. The van der Waals surface area contributed by atoms with Gasteiger partial charge in [-0.25, -0.2) is 0 Å². The Kier molecular flexibility index (Phi) is 11.2. The van der Waals surface area contributed by atoms with Gasteiger partial charge in [-0.2, -0.15) is 0 Å². The van der Waals surface area contributed by atoms with Crippen LogP contribution in [0.3, 0.4) is 0 Å². The van der Waals surface area contributed by atoms with Gasteiger partial charge < -0.3 is 18.9 Å². The van der Waals surface area contributed by atoms with Crippen LogP contribution in [0.25, 0.3) is 20.9 Å². The van der Waals surface area contributed by atoms with Crippen molar-refractivity contribution in [1.29, 1.82) is 0 Å². The molecule has 0 aromatic rings. The van der Waals surface area contributed by atoms with E-state index in [0.29, 0.717) is 0 Å². The van der Waals surface area contributed by atoms with E-state index < -0.39 is 61.4 Å². The van der Waals surface area contributed by atoms with Crippen molar-refractivity contribution in [2.75, 3.05) is 13.1 Å². The molecule has 0 fully saturated rings. The molecule has 0 heterocycles. The Morgan fingerprint density at radius 1 is 0.679 bits per heavy atom. The largest absolute Gasteiger partial charge is 0.458 e. The van der Waals surface area contributed by atoms with E-state index in [-0.39, 0.29) is 0 Å². The van der Waals surface area contributed by atoms with Gasteiger partial charge in [-0.05, 0) is 11.1 Å². The topological polar surface area (TPSA) is 203 Å². The number of nitrogens with zero attached hydrogens (tertiary/aromatic N) is 6. The minimum absolute atomic E-state index is 0.486. The Balaban J connectivity index is 6.22. The molecule has 0 saturated heterocycles. The number of rotatable bonds is 11. The first-order valence-corrected chi connectivity index (χ1v) is 7.82. The lowest BCUT2D eigenvalue weighted by Crippen LogP contribution is -2.53. The summed E-state index contributed by atoms with van der Waals surface area (Å²) in [7, 11) is 0. The summed E-state index contributed by atoms with van der Waals surface area (Å²) >= 11 is 0. The van der Waals surface area contributed by atoms with Crippen molar-refractivity contribution < 1.29 is 38.1 Å². The van der Waals surface area contributed by atoms with Crippen LogP contribution in [0.2, 0.25) is 0 Å². The van der Waals surface area contributed by atoms with E-state index >= 15 is 0 Å². The van der Waals surface area contributed by atoms with Crippen LogP contribution in [0.1, 0.15) is 27.7 Å². The van der Waals surface area contributed by atoms with Crippen LogP contribution >= 0.6 is 0 Å². The number of carbonyl (C=O) groups is 4. The summed E-state index contributed by atoms with van der Waals surface area (Å²) in [6.45, 7) is 3.20. The molecule has 14 heteroatoms. The third-order valence-electron chi connectivity index (χ3n) is 2.95.